The summed E-state index contributed by atoms with van der Waals surface area (Å²) in [6, 6.07) is 8.54. The summed E-state index contributed by atoms with van der Waals surface area (Å²) >= 11 is 0. The summed E-state index contributed by atoms with van der Waals surface area (Å²) < 4.78 is 15.1. The molecule has 1 aromatic carbocycles. The van der Waals surface area contributed by atoms with E-state index in [9.17, 15) is 9.18 Å². The Labute approximate surface area is 163 Å². The zero-order chi connectivity index (χ0) is 19.3. The third-order valence-electron chi connectivity index (χ3n) is 6.42. The maximum atomic E-state index is 13.3. The van der Waals surface area contributed by atoms with Crippen molar-refractivity contribution in [2.45, 2.75) is 50.9 Å². The van der Waals surface area contributed by atoms with Crippen molar-refractivity contribution in [1.29, 1.82) is 0 Å². The molecule has 0 fully saturated rings. The molecule has 142 valence electrons. The lowest BCUT2D eigenvalue weighted by atomic mass is 9.65. The Morgan fingerprint density at radius 2 is 2.00 bits per heavy atom. The first-order valence-electron chi connectivity index (χ1n) is 9.99. The average molecular weight is 375 g/mol. The fraction of sp³-hybridized carbons (Fsp3) is 0.348. The average Bonchev–Trinajstić information content (AvgIpc) is 3.04. The summed E-state index contributed by atoms with van der Waals surface area (Å²) in [6.07, 6.45) is 9.01. The molecule has 0 spiro atoms. The second-order valence-electron chi connectivity index (χ2n) is 7.85. The zero-order valence-electron chi connectivity index (χ0n) is 15.9. The lowest BCUT2D eigenvalue weighted by Crippen LogP contribution is -2.32. The summed E-state index contributed by atoms with van der Waals surface area (Å²) in [7, 11) is 0. The Hall–Kier alpha value is -2.82. The number of nitrogens with zero attached hydrogens (tertiary/aromatic N) is 3. The second-order valence-corrected chi connectivity index (χ2v) is 7.85. The first kappa shape index (κ1) is 17.3. The fourth-order valence-corrected chi connectivity index (χ4v) is 4.93. The molecule has 2 heterocycles. The summed E-state index contributed by atoms with van der Waals surface area (Å²) in [5, 5.41) is 5.50. The molecule has 2 aromatic heterocycles. The van der Waals surface area contributed by atoms with Gasteiger partial charge < -0.3 is 0 Å². The van der Waals surface area contributed by atoms with Crippen molar-refractivity contribution >= 4 is 16.8 Å². The number of carbonyl (C=O) groups excluding carboxylic acids is 1. The van der Waals surface area contributed by atoms with Crippen molar-refractivity contribution in [3.63, 3.8) is 0 Å². The van der Waals surface area contributed by atoms with Crippen LogP contribution in [0.3, 0.4) is 0 Å². The number of pyridine rings is 1. The van der Waals surface area contributed by atoms with Crippen LogP contribution in [0.2, 0.25) is 0 Å². The van der Waals surface area contributed by atoms with E-state index >= 15 is 0 Å². The highest BCUT2D eigenvalue weighted by molar-refractivity contribution is 5.92. The summed E-state index contributed by atoms with van der Waals surface area (Å²) in [4.78, 5) is 17.1. The number of allylic oxidation sites excluding steroid dienone is 2. The van der Waals surface area contributed by atoms with E-state index in [1.807, 2.05) is 12.3 Å². The van der Waals surface area contributed by atoms with E-state index in [-0.39, 0.29) is 17.0 Å². The van der Waals surface area contributed by atoms with Crippen LogP contribution in [-0.2, 0) is 16.6 Å². The molecular formula is C23H22FN3O. The number of carbonyl (C=O) groups is 1. The number of benzene rings is 1. The predicted octanol–water partition coefficient (Wildman–Crippen LogP) is 4.83. The molecular weight excluding hydrogens is 353 g/mol. The van der Waals surface area contributed by atoms with Gasteiger partial charge >= 0.3 is 0 Å². The van der Waals surface area contributed by atoms with Crippen LogP contribution in [0.25, 0.3) is 16.7 Å². The third kappa shape index (κ3) is 2.53. The van der Waals surface area contributed by atoms with Crippen LogP contribution < -0.4 is 0 Å². The highest BCUT2D eigenvalue weighted by atomic mass is 19.1. The first-order valence-corrected chi connectivity index (χ1v) is 9.99. The summed E-state index contributed by atoms with van der Waals surface area (Å²) in [6.45, 7) is 2.21. The minimum absolute atomic E-state index is 0.0844. The van der Waals surface area contributed by atoms with Gasteiger partial charge in [-0.25, -0.2) is 14.1 Å². The van der Waals surface area contributed by atoms with Crippen LogP contribution in [0.4, 0.5) is 4.39 Å². The van der Waals surface area contributed by atoms with Gasteiger partial charge in [-0.2, -0.15) is 5.10 Å². The molecule has 0 amide bonds. The van der Waals surface area contributed by atoms with E-state index in [1.165, 1.54) is 23.3 Å². The molecule has 2 aliphatic rings. The van der Waals surface area contributed by atoms with Crippen molar-refractivity contribution in [3.05, 3.63) is 65.3 Å². The highest BCUT2D eigenvalue weighted by Gasteiger charge is 2.41. The predicted molar refractivity (Wildman–Crippen MR) is 106 cm³/mol. The maximum Gasteiger partial charge on any atom is 0.163 e. The van der Waals surface area contributed by atoms with E-state index in [0.717, 1.165) is 54.5 Å². The number of hydrogen-bond acceptors (Lipinski definition) is 3. The standard InChI is InChI=1S/C23H22FN3O/c1-2-23-11-10-19(28)13-16(23)4-3-5-21-20(23)12-15-14-25-27(22(15)26-21)18-8-6-17(24)7-9-18/h6-9,12-14H,2-5,10-11H2,1H3/t23-/m1/s1. The minimum Gasteiger partial charge on any atom is -0.295 e. The van der Waals surface area contributed by atoms with Crippen LogP contribution in [0, 0.1) is 5.82 Å². The summed E-state index contributed by atoms with van der Waals surface area (Å²) in [5.41, 5.74) is 5.16. The Morgan fingerprint density at radius 1 is 1.18 bits per heavy atom. The highest BCUT2D eigenvalue weighted by Crippen LogP contribution is 2.48. The van der Waals surface area contributed by atoms with Gasteiger partial charge in [-0.15, -0.1) is 0 Å². The van der Waals surface area contributed by atoms with Crippen LogP contribution in [0.1, 0.15) is 50.3 Å². The van der Waals surface area contributed by atoms with Crippen molar-refractivity contribution in [1.82, 2.24) is 14.8 Å². The number of halogens is 1. The molecule has 5 heteroatoms. The maximum absolute atomic E-state index is 13.3. The smallest absolute Gasteiger partial charge is 0.163 e. The van der Waals surface area contributed by atoms with Crippen LogP contribution in [0.15, 0.2) is 48.2 Å². The van der Waals surface area contributed by atoms with Crippen LogP contribution in [-0.4, -0.2) is 20.5 Å². The van der Waals surface area contributed by atoms with Gasteiger partial charge in [-0.1, -0.05) is 12.5 Å². The Bertz CT molecular complexity index is 1110. The molecule has 0 unspecified atom stereocenters. The molecule has 0 saturated carbocycles. The molecule has 0 saturated heterocycles. The Morgan fingerprint density at radius 3 is 2.79 bits per heavy atom. The molecule has 0 aliphatic heterocycles. The third-order valence-corrected chi connectivity index (χ3v) is 6.42. The number of fused-ring (bicyclic) bond motifs is 4. The van der Waals surface area contributed by atoms with Gasteiger partial charge in [0.05, 0.1) is 11.9 Å². The van der Waals surface area contributed by atoms with Crippen molar-refractivity contribution in [2.75, 3.05) is 0 Å². The summed E-state index contributed by atoms with van der Waals surface area (Å²) in [5.74, 6) is -0.0150. The molecule has 0 bridgehead atoms. The van der Waals surface area contributed by atoms with Gasteiger partial charge in [-0.3, -0.25) is 4.79 Å². The van der Waals surface area contributed by atoms with Gasteiger partial charge in [-0.05, 0) is 74.1 Å². The number of rotatable bonds is 2. The van der Waals surface area contributed by atoms with E-state index in [4.69, 9.17) is 4.98 Å². The lowest BCUT2D eigenvalue weighted by molar-refractivity contribution is -0.115. The minimum atomic E-state index is -0.266. The van der Waals surface area contributed by atoms with Gasteiger partial charge in [0.15, 0.2) is 11.4 Å². The Kier molecular flexibility index (Phi) is 3.93. The zero-order valence-corrected chi connectivity index (χ0v) is 15.9. The monoisotopic (exact) mass is 375 g/mol. The van der Waals surface area contributed by atoms with Gasteiger partial charge in [0, 0.05) is 22.9 Å². The van der Waals surface area contributed by atoms with E-state index in [0.29, 0.717) is 6.42 Å². The molecule has 0 radical (unpaired) electrons. The molecule has 5 rings (SSSR count). The molecule has 28 heavy (non-hydrogen) atoms. The second kappa shape index (κ2) is 6.36. The molecule has 4 nitrogen and oxygen atoms in total. The van der Waals surface area contributed by atoms with Crippen molar-refractivity contribution in [2.24, 2.45) is 0 Å². The largest absolute Gasteiger partial charge is 0.295 e. The van der Waals surface area contributed by atoms with Crippen LogP contribution >= 0.6 is 0 Å². The fourth-order valence-electron chi connectivity index (χ4n) is 4.93. The number of aromatic nitrogens is 3. The van der Waals surface area contributed by atoms with Gasteiger partial charge in [0.25, 0.3) is 0 Å². The number of ketones is 1. The SMILES string of the molecule is CC[C@@]12CCC(=O)C=C1CCCc1nc3c(cnn3-c3ccc(F)cc3)cc12. The van der Waals surface area contributed by atoms with Crippen LogP contribution in [0.5, 0.6) is 0 Å². The number of hydrogen-bond donors (Lipinski definition) is 0. The van der Waals surface area contributed by atoms with Gasteiger partial charge in [0.1, 0.15) is 5.82 Å². The topological polar surface area (TPSA) is 47.8 Å². The first-order chi connectivity index (χ1) is 13.6. The van der Waals surface area contributed by atoms with E-state index < -0.39 is 0 Å². The van der Waals surface area contributed by atoms with Gasteiger partial charge in [0.2, 0.25) is 0 Å². The lowest BCUT2D eigenvalue weighted by Gasteiger charge is -2.38. The van der Waals surface area contributed by atoms with E-state index in [2.05, 4.69) is 18.1 Å². The molecule has 2 aliphatic carbocycles. The van der Waals surface area contributed by atoms with E-state index in [1.54, 1.807) is 16.8 Å². The van der Waals surface area contributed by atoms with Crippen molar-refractivity contribution in [3.8, 4) is 5.69 Å². The number of aryl methyl sites for hydroxylation is 1. The molecule has 3 aromatic rings. The quantitative estimate of drug-likeness (QED) is 0.644. The molecule has 1 atom stereocenters. The van der Waals surface area contributed by atoms with Crippen molar-refractivity contribution < 1.29 is 9.18 Å². The Balaban J connectivity index is 1.71. The normalized spacial score (nSPS) is 21.8. The molecule has 0 N–H and O–H groups in total.